The van der Waals surface area contributed by atoms with Crippen LogP contribution in [0.3, 0.4) is 0 Å². The van der Waals surface area contributed by atoms with E-state index in [9.17, 15) is 17.6 Å². The summed E-state index contributed by atoms with van der Waals surface area (Å²) in [6, 6.07) is 11.0. The quantitative estimate of drug-likeness (QED) is 0.706. The molecule has 0 spiro atoms. The van der Waals surface area contributed by atoms with Gasteiger partial charge < -0.3 is 9.80 Å². The van der Waals surface area contributed by atoms with Crippen LogP contribution < -0.4 is 4.90 Å². The maximum atomic E-state index is 13.1. The number of benzene rings is 1. The summed E-state index contributed by atoms with van der Waals surface area (Å²) in [5.41, 5.74) is 0.955. The smallest absolute Gasteiger partial charge is 0.237 e. The minimum absolute atomic E-state index is 0.0698. The lowest BCUT2D eigenvalue weighted by molar-refractivity contribution is -0.129. The summed E-state index contributed by atoms with van der Waals surface area (Å²) in [5, 5.41) is 8.06. The van der Waals surface area contributed by atoms with Crippen molar-refractivity contribution in [3.63, 3.8) is 0 Å². The largest absolute Gasteiger partial charge is 0.347 e. The molecule has 3 atom stereocenters. The summed E-state index contributed by atoms with van der Waals surface area (Å²) < 4.78 is 38.7. The highest BCUT2D eigenvalue weighted by atomic mass is 32.2. The van der Waals surface area contributed by atoms with Gasteiger partial charge in [0, 0.05) is 31.4 Å². The van der Waals surface area contributed by atoms with Crippen molar-refractivity contribution in [1.29, 1.82) is 5.26 Å². The van der Waals surface area contributed by atoms with Crippen LogP contribution in [-0.4, -0.2) is 55.1 Å². The fourth-order valence-corrected chi connectivity index (χ4v) is 5.76. The number of halogens is 1. The van der Waals surface area contributed by atoms with Crippen molar-refractivity contribution in [2.24, 2.45) is 0 Å². The maximum absolute atomic E-state index is 13.1. The second kappa shape index (κ2) is 8.27. The van der Waals surface area contributed by atoms with Gasteiger partial charge in [-0.05, 0) is 49.6 Å². The van der Waals surface area contributed by atoms with Gasteiger partial charge in [-0.1, -0.05) is 12.1 Å². The second-order valence-electron chi connectivity index (χ2n) is 8.11. The molecule has 9 heteroatoms. The van der Waals surface area contributed by atoms with E-state index in [-0.39, 0.29) is 12.1 Å². The predicted molar refractivity (Wildman–Crippen MR) is 113 cm³/mol. The van der Waals surface area contributed by atoms with Gasteiger partial charge in [-0.25, -0.2) is 17.8 Å². The molecule has 31 heavy (non-hydrogen) atoms. The number of hydrogen-bond donors (Lipinski definition) is 0. The molecule has 2 bridgehead atoms. The summed E-state index contributed by atoms with van der Waals surface area (Å²) in [5.74, 6) is -0.635. The summed E-state index contributed by atoms with van der Waals surface area (Å²) in [4.78, 5) is 21.1. The lowest BCUT2D eigenvalue weighted by Gasteiger charge is -2.41. The first kappa shape index (κ1) is 21.2. The van der Waals surface area contributed by atoms with Crippen molar-refractivity contribution in [2.75, 3.05) is 23.7 Å². The number of sulfone groups is 1. The Morgan fingerprint density at radius 2 is 1.84 bits per heavy atom. The molecule has 1 amide bonds. The number of carbonyl (C=O) groups excluding carboxylic acids is 1. The molecule has 0 N–H and O–H groups in total. The van der Waals surface area contributed by atoms with Crippen molar-refractivity contribution >= 4 is 21.6 Å². The molecule has 3 heterocycles. The SMILES string of the molecule is CC(c1ccc(F)cc1)S(=O)(=O)CC(=O)N1CC2CC[C@@H](C1)N2c1ccc(C#N)cn1. The third-order valence-electron chi connectivity index (χ3n) is 6.18. The molecule has 2 aliphatic rings. The lowest BCUT2D eigenvalue weighted by Crippen LogP contribution is -2.56. The Bertz CT molecular complexity index is 1100. The topological polar surface area (TPSA) is 94.4 Å². The third kappa shape index (κ3) is 4.26. The number of likely N-dealkylation sites (tertiary alicyclic amines) is 1. The second-order valence-corrected chi connectivity index (χ2v) is 10.4. The van der Waals surface area contributed by atoms with E-state index in [0.717, 1.165) is 18.7 Å². The molecule has 4 rings (SSSR count). The highest BCUT2D eigenvalue weighted by Gasteiger charge is 2.42. The fourth-order valence-electron chi connectivity index (χ4n) is 4.42. The number of pyridine rings is 1. The van der Waals surface area contributed by atoms with Crippen LogP contribution >= 0.6 is 0 Å². The number of amides is 1. The molecule has 2 fully saturated rings. The number of rotatable bonds is 5. The van der Waals surface area contributed by atoms with Crippen molar-refractivity contribution in [3.8, 4) is 6.07 Å². The molecular weight excluding hydrogens is 419 g/mol. The first-order valence-corrected chi connectivity index (χ1v) is 11.9. The molecule has 1 aromatic heterocycles. The number of nitriles is 1. The van der Waals surface area contributed by atoms with Crippen LogP contribution in [0, 0.1) is 17.1 Å². The van der Waals surface area contributed by atoms with Gasteiger partial charge in [0.1, 0.15) is 23.5 Å². The van der Waals surface area contributed by atoms with E-state index in [4.69, 9.17) is 5.26 Å². The maximum Gasteiger partial charge on any atom is 0.237 e. The molecule has 0 aliphatic carbocycles. The van der Waals surface area contributed by atoms with Gasteiger partial charge in [-0.15, -0.1) is 0 Å². The highest BCUT2D eigenvalue weighted by molar-refractivity contribution is 7.92. The molecule has 0 saturated carbocycles. The van der Waals surface area contributed by atoms with Gasteiger partial charge >= 0.3 is 0 Å². The lowest BCUT2D eigenvalue weighted by atomic mass is 10.1. The number of fused-ring (bicyclic) bond motifs is 2. The number of anilines is 1. The molecule has 2 aromatic rings. The summed E-state index contributed by atoms with van der Waals surface area (Å²) in [7, 11) is -3.73. The van der Waals surface area contributed by atoms with Gasteiger partial charge in [0.05, 0.1) is 10.8 Å². The van der Waals surface area contributed by atoms with Gasteiger partial charge in [0.2, 0.25) is 5.91 Å². The van der Waals surface area contributed by atoms with Crippen LogP contribution in [0.15, 0.2) is 42.6 Å². The van der Waals surface area contributed by atoms with Crippen LogP contribution in [0.4, 0.5) is 10.2 Å². The Morgan fingerprint density at radius 3 is 2.39 bits per heavy atom. The number of hydrogen-bond acceptors (Lipinski definition) is 6. The van der Waals surface area contributed by atoms with Crippen LogP contribution in [-0.2, 0) is 14.6 Å². The van der Waals surface area contributed by atoms with Gasteiger partial charge in [0.15, 0.2) is 9.84 Å². The van der Waals surface area contributed by atoms with E-state index >= 15 is 0 Å². The Morgan fingerprint density at radius 1 is 1.19 bits per heavy atom. The molecule has 2 saturated heterocycles. The Labute approximate surface area is 181 Å². The Balaban J connectivity index is 1.43. The molecule has 162 valence electrons. The molecule has 2 aliphatic heterocycles. The highest BCUT2D eigenvalue weighted by Crippen LogP contribution is 2.34. The zero-order chi connectivity index (χ0) is 22.2. The monoisotopic (exact) mass is 442 g/mol. The van der Waals surface area contributed by atoms with Crippen LogP contribution in [0.25, 0.3) is 0 Å². The first-order chi connectivity index (χ1) is 14.8. The van der Waals surface area contributed by atoms with Crippen molar-refractivity contribution < 1.29 is 17.6 Å². The van der Waals surface area contributed by atoms with Crippen LogP contribution in [0.5, 0.6) is 0 Å². The van der Waals surface area contributed by atoms with Gasteiger partial charge in [0.25, 0.3) is 0 Å². The van der Waals surface area contributed by atoms with E-state index < -0.39 is 32.6 Å². The van der Waals surface area contributed by atoms with E-state index in [0.29, 0.717) is 24.2 Å². The molecular formula is C22H23FN4O3S. The van der Waals surface area contributed by atoms with Crippen molar-refractivity contribution in [2.45, 2.75) is 37.1 Å². The minimum atomic E-state index is -3.73. The fraction of sp³-hybridized carbons (Fsp3) is 0.409. The number of aromatic nitrogens is 1. The zero-order valence-electron chi connectivity index (χ0n) is 17.1. The molecule has 1 aromatic carbocycles. The molecule has 7 nitrogen and oxygen atoms in total. The number of carbonyl (C=O) groups is 1. The van der Waals surface area contributed by atoms with Crippen LogP contribution in [0.1, 0.15) is 36.1 Å². The standard InChI is InChI=1S/C22H23FN4O3S/c1-15(17-3-5-18(23)6-4-17)31(29,30)14-22(28)26-12-19-7-8-20(13-26)27(19)21-9-2-16(10-24)11-25-21/h2-6,9,11,15,19-20H,7-8,12-14H2,1H3/t15?,19-,20?/m0/s1. The molecule has 2 unspecified atom stereocenters. The van der Waals surface area contributed by atoms with E-state index in [1.165, 1.54) is 37.4 Å². The predicted octanol–water partition coefficient (Wildman–Crippen LogP) is 2.45. The van der Waals surface area contributed by atoms with E-state index in [1.54, 1.807) is 11.0 Å². The Hall–Kier alpha value is -2.99. The van der Waals surface area contributed by atoms with E-state index in [2.05, 4.69) is 16.0 Å². The summed E-state index contributed by atoms with van der Waals surface area (Å²) in [6.07, 6.45) is 3.33. The van der Waals surface area contributed by atoms with Crippen molar-refractivity contribution in [1.82, 2.24) is 9.88 Å². The number of piperazine rings is 1. The average molecular weight is 443 g/mol. The summed E-state index contributed by atoms with van der Waals surface area (Å²) in [6.45, 7) is 2.41. The van der Waals surface area contributed by atoms with Gasteiger partial charge in [-0.2, -0.15) is 5.26 Å². The van der Waals surface area contributed by atoms with Crippen LogP contribution in [0.2, 0.25) is 0 Å². The van der Waals surface area contributed by atoms with Crippen molar-refractivity contribution in [3.05, 3.63) is 59.5 Å². The average Bonchev–Trinajstić information content (AvgIpc) is 3.02. The first-order valence-electron chi connectivity index (χ1n) is 10.2. The van der Waals surface area contributed by atoms with E-state index in [1.807, 2.05) is 6.07 Å². The molecule has 0 radical (unpaired) electrons. The zero-order valence-corrected chi connectivity index (χ0v) is 17.9. The summed E-state index contributed by atoms with van der Waals surface area (Å²) >= 11 is 0. The minimum Gasteiger partial charge on any atom is -0.347 e. The Kier molecular flexibility index (Phi) is 5.67. The third-order valence-corrected chi connectivity index (χ3v) is 8.18. The number of nitrogens with zero attached hydrogens (tertiary/aromatic N) is 4. The van der Waals surface area contributed by atoms with Gasteiger partial charge in [-0.3, -0.25) is 4.79 Å². The normalized spacial score (nSPS) is 21.6.